The van der Waals surface area contributed by atoms with Crippen LogP contribution in [-0.4, -0.2) is 36.7 Å². The molecule has 27 heavy (non-hydrogen) atoms. The molecule has 0 atom stereocenters. The number of fused-ring (bicyclic) bond motifs is 1. The van der Waals surface area contributed by atoms with Crippen molar-refractivity contribution in [2.75, 3.05) is 26.1 Å². The highest BCUT2D eigenvalue weighted by Gasteiger charge is 2.35. The highest BCUT2D eigenvalue weighted by Crippen LogP contribution is 2.43. The van der Waals surface area contributed by atoms with E-state index in [9.17, 15) is 9.18 Å². The largest absolute Gasteiger partial charge is 0.492 e. The Morgan fingerprint density at radius 1 is 1.33 bits per heavy atom. The molecule has 0 radical (unpaired) electrons. The van der Waals surface area contributed by atoms with E-state index in [4.69, 9.17) is 21.1 Å². The topological polar surface area (TPSA) is 73.3 Å². The Kier molecular flexibility index (Phi) is 4.82. The molecule has 0 saturated heterocycles. The number of carbonyl (C=O) groups is 1. The number of rotatable bonds is 3. The molecule has 1 N–H and O–H groups in total. The van der Waals surface area contributed by atoms with Gasteiger partial charge in [0, 0.05) is 12.0 Å². The first-order chi connectivity index (χ1) is 12.7. The van der Waals surface area contributed by atoms with Crippen molar-refractivity contribution < 1.29 is 18.7 Å². The van der Waals surface area contributed by atoms with E-state index in [2.05, 4.69) is 21.9 Å². The number of ether oxygens (including phenoxy) is 2. The molecule has 2 aromatic rings. The third-order valence-electron chi connectivity index (χ3n) is 4.60. The standard InChI is InChI=1S/C19H19ClFN3O3/c1-9-12-14(18(25)27-5)23-16(24-17(12)22-8-19(9,2)3)10-6-7-11(20)15(26-4)13(10)21/h6-7H,1,8H2,2-5H3,(H,22,23,24). The minimum Gasteiger partial charge on any atom is -0.492 e. The lowest BCUT2D eigenvalue weighted by atomic mass is 9.78. The molecule has 6 nitrogen and oxygen atoms in total. The lowest BCUT2D eigenvalue weighted by Crippen LogP contribution is -2.32. The normalized spacial score (nSPS) is 15.0. The van der Waals surface area contributed by atoms with Crippen molar-refractivity contribution in [1.82, 2.24) is 9.97 Å². The molecule has 0 spiro atoms. The summed E-state index contributed by atoms with van der Waals surface area (Å²) in [6.45, 7) is 8.64. The Bertz CT molecular complexity index is 960. The first-order valence-electron chi connectivity index (χ1n) is 8.17. The van der Waals surface area contributed by atoms with Gasteiger partial charge in [0.25, 0.3) is 0 Å². The van der Waals surface area contributed by atoms with Gasteiger partial charge in [-0.3, -0.25) is 0 Å². The fourth-order valence-electron chi connectivity index (χ4n) is 2.88. The van der Waals surface area contributed by atoms with Crippen LogP contribution in [-0.2, 0) is 4.74 Å². The SMILES string of the molecule is C=C1c2c(nc(-c3ccc(Cl)c(OC)c3F)nc2C(=O)OC)NCC1(C)C. The molecule has 0 amide bonds. The van der Waals surface area contributed by atoms with E-state index in [1.54, 1.807) is 0 Å². The van der Waals surface area contributed by atoms with Gasteiger partial charge in [-0.25, -0.2) is 19.2 Å². The average Bonchev–Trinajstić information content (AvgIpc) is 2.64. The van der Waals surface area contributed by atoms with Crippen molar-refractivity contribution in [3.8, 4) is 17.1 Å². The van der Waals surface area contributed by atoms with E-state index in [-0.39, 0.29) is 33.3 Å². The quantitative estimate of drug-likeness (QED) is 0.790. The van der Waals surface area contributed by atoms with Gasteiger partial charge in [0.2, 0.25) is 0 Å². The molecule has 1 aromatic heterocycles. The fraction of sp³-hybridized carbons (Fsp3) is 0.316. The number of hydrogen-bond donors (Lipinski definition) is 1. The van der Waals surface area contributed by atoms with E-state index in [0.29, 0.717) is 23.5 Å². The van der Waals surface area contributed by atoms with Crippen LogP contribution in [0.1, 0.15) is 29.9 Å². The third kappa shape index (κ3) is 3.12. The van der Waals surface area contributed by atoms with Crippen molar-refractivity contribution in [2.45, 2.75) is 13.8 Å². The predicted molar refractivity (Wildman–Crippen MR) is 102 cm³/mol. The van der Waals surface area contributed by atoms with Crippen LogP contribution < -0.4 is 10.1 Å². The van der Waals surface area contributed by atoms with Gasteiger partial charge in [-0.15, -0.1) is 0 Å². The molecule has 0 bridgehead atoms. The Hall–Kier alpha value is -2.67. The smallest absolute Gasteiger partial charge is 0.357 e. The second-order valence-corrected chi connectivity index (χ2v) is 7.18. The summed E-state index contributed by atoms with van der Waals surface area (Å²) in [6.07, 6.45) is 0. The maximum absolute atomic E-state index is 14.8. The number of hydrogen-bond acceptors (Lipinski definition) is 6. The molecular weight excluding hydrogens is 373 g/mol. The molecule has 8 heteroatoms. The molecule has 0 aliphatic carbocycles. The highest BCUT2D eigenvalue weighted by atomic mass is 35.5. The number of carbonyl (C=O) groups excluding carboxylic acids is 1. The highest BCUT2D eigenvalue weighted by molar-refractivity contribution is 6.32. The number of anilines is 1. The third-order valence-corrected chi connectivity index (χ3v) is 4.90. The van der Waals surface area contributed by atoms with Gasteiger partial charge in [0.15, 0.2) is 23.1 Å². The molecule has 0 fully saturated rings. The van der Waals surface area contributed by atoms with Crippen LogP contribution in [0.2, 0.25) is 5.02 Å². The number of nitrogens with one attached hydrogen (secondary N) is 1. The summed E-state index contributed by atoms with van der Waals surface area (Å²) in [5.74, 6) is -1.07. The van der Waals surface area contributed by atoms with Gasteiger partial charge in [-0.1, -0.05) is 32.0 Å². The van der Waals surface area contributed by atoms with Crippen LogP contribution in [0.5, 0.6) is 5.75 Å². The first kappa shape index (κ1) is 19.1. The van der Waals surface area contributed by atoms with Crippen molar-refractivity contribution >= 4 is 29.0 Å². The molecule has 1 aliphatic rings. The molecule has 1 aromatic carbocycles. The zero-order valence-corrected chi connectivity index (χ0v) is 16.2. The second-order valence-electron chi connectivity index (χ2n) is 6.77. The Morgan fingerprint density at radius 2 is 2.04 bits per heavy atom. The fourth-order valence-corrected chi connectivity index (χ4v) is 3.10. The number of halogens is 2. The Balaban J connectivity index is 2.27. The molecule has 0 saturated carbocycles. The van der Waals surface area contributed by atoms with Crippen molar-refractivity contribution in [2.24, 2.45) is 5.41 Å². The van der Waals surface area contributed by atoms with Crippen LogP contribution in [0.25, 0.3) is 17.0 Å². The number of aromatic nitrogens is 2. The van der Waals surface area contributed by atoms with Gasteiger partial charge < -0.3 is 14.8 Å². The van der Waals surface area contributed by atoms with Gasteiger partial charge in [0.05, 0.1) is 30.4 Å². The van der Waals surface area contributed by atoms with Crippen molar-refractivity contribution in [3.63, 3.8) is 0 Å². The number of benzene rings is 1. The summed E-state index contributed by atoms with van der Waals surface area (Å²) in [5.41, 5.74) is 0.952. The van der Waals surface area contributed by atoms with E-state index in [1.165, 1.54) is 26.4 Å². The summed E-state index contributed by atoms with van der Waals surface area (Å²) in [5, 5.41) is 3.30. The van der Waals surface area contributed by atoms with E-state index in [1.807, 2.05) is 13.8 Å². The molecule has 1 aliphatic heterocycles. The monoisotopic (exact) mass is 391 g/mol. The maximum atomic E-state index is 14.8. The van der Waals surface area contributed by atoms with Crippen LogP contribution in [0.3, 0.4) is 0 Å². The lowest BCUT2D eigenvalue weighted by molar-refractivity contribution is 0.0593. The average molecular weight is 392 g/mol. The van der Waals surface area contributed by atoms with E-state index < -0.39 is 11.8 Å². The summed E-state index contributed by atoms with van der Waals surface area (Å²) in [6, 6.07) is 2.92. The number of methoxy groups -OCH3 is 2. The summed E-state index contributed by atoms with van der Waals surface area (Å²) >= 11 is 5.96. The summed E-state index contributed by atoms with van der Waals surface area (Å²) in [7, 11) is 2.57. The molecule has 3 rings (SSSR count). The maximum Gasteiger partial charge on any atom is 0.357 e. The second kappa shape index (κ2) is 6.81. The molecular formula is C19H19ClFN3O3. The van der Waals surface area contributed by atoms with E-state index >= 15 is 0 Å². The summed E-state index contributed by atoms with van der Waals surface area (Å²) < 4.78 is 24.7. The number of nitrogens with zero attached hydrogens (tertiary/aromatic N) is 2. The molecule has 142 valence electrons. The number of esters is 1. The van der Waals surface area contributed by atoms with Gasteiger partial charge in [0.1, 0.15) is 5.82 Å². The zero-order chi connectivity index (χ0) is 19.9. The van der Waals surface area contributed by atoms with E-state index in [0.717, 1.165) is 0 Å². The lowest BCUT2D eigenvalue weighted by Gasteiger charge is -2.34. The van der Waals surface area contributed by atoms with Crippen LogP contribution >= 0.6 is 11.6 Å². The van der Waals surface area contributed by atoms with Crippen molar-refractivity contribution in [3.05, 3.63) is 40.8 Å². The van der Waals surface area contributed by atoms with Crippen molar-refractivity contribution in [1.29, 1.82) is 0 Å². The zero-order valence-electron chi connectivity index (χ0n) is 15.4. The van der Waals surface area contributed by atoms with Crippen LogP contribution in [0.4, 0.5) is 10.2 Å². The van der Waals surface area contributed by atoms with Crippen LogP contribution in [0.15, 0.2) is 18.7 Å². The Labute approximate surface area is 161 Å². The Morgan fingerprint density at radius 3 is 2.67 bits per heavy atom. The van der Waals surface area contributed by atoms with Gasteiger partial charge >= 0.3 is 5.97 Å². The minimum atomic E-state index is -0.712. The minimum absolute atomic E-state index is 0.0154. The molecule has 0 unspecified atom stereocenters. The van der Waals surface area contributed by atoms with Gasteiger partial charge in [-0.05, 0) is 17.7 Å². The van der Waals surface area contributed by atoms with Gasteiger partial charge in [-0.2, -0.15) is 0 Å². The predicted octanol–water partition coefficient (Wildman–Crippen LogP) is 4.20. The first-order valence-corrected chi connectivity index (χ1v) is 8.55. The molecule has 2 heterocycles. The summed E-state index contributed by atoms with van der Waals surface area (Å²) in [4.78, 5) is 21.1. The van der Waals surface area contributed by atoms with Crippen LogP contribution in [0, 0.1) is 11.2 Å².